The maximum absolute atomic E-state index is 13.1. The van der Waals surface area contributed by atoms with E-state index in [-0.39, 0.29) is 5.91 Å². The molecule has 27 heavy (non-hydrogen) atoms. The molecule has 0 radical (unpaired) electrons. The van der Waals surface area contributed by atoms with E-state index in [2.05, 4.69) is 0 Å². The molecule has 0 N–H and O–H groups in total. The molecule has 0 aliphatic carbocycles. The number of benzene rings is 2. The molecule has 7 heteroatoms. The van der Waals surface area contributed by atoms with Crippen molar-refractivity contribution in [2.75, 3.05) is 20.8 Å². The van der Waals surface area contributed by atoms with Crippen molar-refractivity contribution in [1.29, 1.82) is 0 Å². The largest absolute Gasteiger partial charge is 0.497 e. The van der Waals surface area contributed by atoms with E-state index in [9.17, 15) is 18.0 Å². The number of rotatable bonds is 4. The van der Waals surface area contributed by atoms with E-state index in [0.717, 1.165) is 17.7 Å². The predicted molar refractivity (Wildman–Crippen MR) is 94.1 cm³/mol. The first kappa shape index (κ1) is 19.1. The quantitative estimate of drug-likeness (QED) is 0.786. The summed E-state index contributed by atoms with van der Waals surface area (Å²) in [6.07, 6.45) is -3.86. The van der Waals surface area contributed by atoms with Crippen LogP contribution in [0.25, 0.3) is 0 Å². The van der Waals surface area contributed by atoms with Gasteiger partial charge in [-0.25, -0.2) is 0 Å². The van der Waals surface area contributed by atoms with Gasteiger partial charge in [0.05, 0.1) is 31.4 Å². The first-order chi connectivity index (χ1) is 12.8. The van der Waals surface area contributed by atoms with Crippen LogP contribution in [0, 0.1) is 0 Å². The van der Waals surface area contributed by atoms with Crippen molar-refractivity contribution in [3.63, 3.8) is 0 Å². The van der Waals surface area contributed by atoms with Crippen molar-refractivity contribution >= 4 is 5.91 Å². The van der Waals surface area contributed by atoms with Crippen LogP contribution in [0.5, 0.6) is 11.5 Å². The number of fused-ring (bicyclic) bond motifs is 1. The minimum Gasteiger partial charge on any atom is -0.497 e. The number of hydrogen-bond donors (Lipinski definition) is 0. The summed E-state index contributed by atoms with van der Waals surface area (Å²) in [7, 11) is 3.01. The zero-order valence-corrected chi connectivity index (χ0v) is 15.3. The number of amides is 1. The second-order valence-electron chi connectivity index (χ2n) is 6.41. The molecular weight excluding hydrogens is 359 g/mol. The van der Waals surface area contributed by atoms with E-state index in [1.54, 1.807) is 30.0 Å². The molecule has 1 heterocycles. The molecule has 0 saturated carbocycles. The van der Waals surface area contributed by atoms with Crippen LogP contribution < -0.4 is 9.47 Å². The van der Waals surface area contributed by atoms with Crippen LogP contribution in [0.3, 0.4) is 0 Å². The standard InChI is InChI=1S/C20H20F3NO3/c1-12(13-5-4-6-15(9-13)20(21,22)23)24-8-7-14-10-16(26-2)11-17(27-3)18(14)19(24)25/h4-6,9-12H,7-8H2,1-3H3. The van der Waals surface area contributed by atoms with Crippen molar-refractivity contribution in [3.8, 4) is 11.5 Å². The number of alkyl halides is 3. The van der Waals surface area contributed by atoms with Gasteiger partial charge in [0.25, 0.3) is 5.91 Å². The lowest BCUT2D eigenvalue weighted by Crippen LogP contribution is -2.39. The summed E-state index contributed by atoms with van der Waals surface area (Å²) in [5.41, 5.74) is 0.959. The summed E-state index contributed by atoms with van der Waals surface area (Å²) in [6, 6.07) is 8.02. The molecule has 2 aromatic rings. The van der Waals surface area contributed by atoms with E-state index in [1.165, 1.54) is 20.3 Å². The highest BCUT2D eigenvalue weighted by molar-refractivity contribution is 6.00. The molecule has 1 aliphatic heterocycles. The number of carbonyl (C=O) groups excluding carboxylic acids is 1. The lowest BCUT2D eigenvalue weighted by Gasteiger charge is -2.35. The number of halogens is 3. The highest BCUT2D eigenvalue weighted by Crippen LogP contribution is 2.37. The zero-order chi connectivity index (χ0) is 19.8. The Bertz CT molecular complexity index is 847. The fraction of sp³-hybridized carbons (Fsp3) is 0.350. The number of nitrogens with zero attached hydrogens (tertiary/aromatic N) is 1. The summed E-state index contributed by atoms with van der Waals surface area (Å²) in [5, 5.41) is 0. The highest BCUT2D eigenvalue weighted by Gasteiger charge is 2.34. The van der Waals surface area contributed by atoms with Gasteiger partial charge in [0.1, 0.15) is 11.5 Å². The average Bonchev–Trinajstić information content (AvgIpc) is 2.66. The molecule has 3 rings (SSSR count). The van der Waals surface area contributed by atoms with Gasteiger partial charge in [0, 0.05) is 12.6 Å². The van der Waals surface area contributed by atoms with Crippen molar-refractivity contribution in [1.82, 2.24) is 4.90 Å². The molecule has 4 nitrogen and oxygen atoms in total. The third kappa shape index (κ3) is 3.59. The maximum atomic E-state index is 13.1. The molecule has 144 valence electrons. The third-order valence-electron chi connectivity index (χ3n) is 4.87. The van der Waals surface area contributed by atoms with Gasteiger partial charge in [0.15, 0.2) is 0 Å². The Morgan fingerprint density at radius 3 is 2.48 bits per heavy atom. The maximum Gasteiger partial charge on any atom is 0.416 e. The summed E-state index contributed by atoms with van der Waals surface area (Å²) in [5.74, 6) is 0.730. The second kappa shape index (κ2) is 7.13. The molecule has 0 aromatic heterocycles. The van der Waals surface area contributed by atoms with E-state index in [4.69, 9.17) is 9.47 Å². The first-order valence-electron chi connectivity index (χ1n) is 8.49. The van der Waals surface area contributed by atoms with Gasteiger partial charge >= 0.3 is 6.18 Å². The Hall–Kier alpha value is -2.70. The van der Waals surface area contributed by atoms with Crippen molar-refractivity contribution in [2.24, 2.45) is 0 Å². The van der Waals surface area contributed by atoms with Crippen molar-refractivity contribution in [3.05, 3.63) is 58.7 Å². The molecule has 1 amide bonds. The molecule has 0 saturated heterocycles. The predicted octanol–water partition coefficient (Wildman–Crippen LogP) is 4.48. The molecule has 0 fully saturated rings. The van der Waals surface area contributed by atoms with Gasteiger partial charge in [-0.05, 0) is 42.7 Å². The van der Waals surface area contributed by atoms with Crippen LogP contribution in [0.2, 0.25) is 0 Å². The topological polar surface area (TPSA) is 38.8 Å². The van der Waals surface area contributed by atoms with E-state index >= 15 is 0 Å². The SMILES string of the molecule is COc1cc2c(c(OC)c1)C(=O)N(C(C)c1cccc(C(F)(F)F)c1)CC2. The number of carbonyl (C=O) groups is 1. The fourth-order valence-electron chi connectivity index (χ4n) is 3.37. The summed E-state index contributed by atoms with van der Waals surface area (Å²) in [4.78, 5) is 14.7. The molecule has 1 atom stereocenters. The van der Waals surface area contributed by atoms with Crippen LogP contribution in [-0.2, 0) is 12.6 Å². The second-order valence-corrected chi connectivity index (χ2v) is 6.41. The lowest BCUT2D eigenvalue weighted by atomic mass is 9.94. The highest BCUT2D eigenvalue weighted by atomic mass is 19.4. The van der Waals surface area contributed by atoms with E-state index in [0.29, 0.717) is 35.6 Å². The first-order valence-corrected chi connectivity index (χ1v) is 8.49. The Morgan fingerprint density at radius 1 is 1.11 bits per heavy atom. The van der Waals surface area contributed by atoms with Crippen LogP contribution in [0.4, 0.5) is 13.2 Å². The van der Waals surface area contributed by atoms with Crippen molar-refractivity contribution < 1.29 is 27.4 Å². The van der Waals surface area contributed by atoms with Crippen LogP contribution in [-0.4, -0.2) is 31.6 Å². The van der Waals surface area contributed by atoms with Gasteiger partial charge in [-0.1, -0.05) is 12.1 Å². The average molecular weight is 379 g/mol. The van der Waals surface area contributed by atoms with Crippen molar-refractivity contribution in [2.45, 2.75) is 25.6 Å². The Morgan fingerprint density at radius 2 is 1.85 bits per heavy atom. The Balaban J connectivity index is 1.95. The number of hydrogen-bond acceptors (Lipinski definition) is 3. The Kier molecular flexibility index (Phi) is 5.04. The lowest BCUT2D eigenvalue weighted by molar-refractivity contribution is -0.137. The van der Waals surface area contributed by atoms with E-state index < -0.39 is 17.8 Å². The van der Waals surface area contributed by atoms with Crippen LogP contribution in [0.1, 0.15) is 40.0 Å². The minimum absolute atomic E-state index is 0.263. The zero-order valence-electron chi connectivity index (χ0n) is 15.3. The van der Waals surface area contributed by atoms with Gasteiger partial charge in [0.2, 0.25) is 0 Å². The molecule has 1 unspecified atom stereocenters. The summed E-state index contributed by atoms with van der Waals surface area (Å²) >= 11 is 0. The van der Waals surface area contributed by atoms with Gasteiger partial charge in [-0.2, -0.15) is 13.2 Å². The fourth-order valence-corrected chi connectivity index (χ4v) is 3.37. The van der Waals surface area contributed by atoms with Crippen LogP contribution >= 0.6 is 0 Å². The molecule has 2 aromatic carbocycles. The Labute approximate surface area is 155 Å². The van der Waals surface area contributed by atoms with Gasteiger partial charge in [-0.15, -0.1) is 0 Å². The molecule has 1 aliphatic rings. The van der Waals surface area contributed by atoms with Crippen LogP contribution in [0.15, 0.2) is 36.4 Å². The monoisotopic (exact) mass is 379 g/mol. The molecule has 0 bridgehead atoms. The molecule has 0 spiro atoms. The van der Waals surface area contributed by atoms with Gasteiger partial charge in [-0.3, -0.25) is 4.79 Å². The summed E-state index contributed by atoms with van der Waals surface area (Å²) < 4.78 is 49.6. The summed E-state index contributed by atoms with van der Waals surface area (Å²) in [6.45, 7) is 2.13. The third-order valence-corrected chi connectivity index (χ3v) is 4.87. The number of methoxy groups -OCH3 is 2. The minimum atomic E-state index is -4.42. The molecular formula is C20H20F3NO3. The van der Waals surface area contributed by atoms with Gasteiger partial charge < -0.3 is 14.4 Å². The normalized spacial score (nSPS) is 15.3. The van der Waals surface area contributed by atoms with E-state index in [1.807, 2.05) is 0 Å². The number of ether oxygens (including phenoxy) is 2. The smallest absolute Gasteiger partial charge is 0.416 e.